The number of unbranched alkanes of at least 4 members (excludes halogenated alkanes) is 1. The molecule has 0 aliphatic carbocycles. The molecule has 0 amide bonds. The fourth-order valence-corrected chi connectivity index (χ4v) is 1.78. The van der Waals surface area contributed by atoms with Crippen LogP contribution in [-0.4, -0.2) is 41.8 Å². The summed E-state index contributed by atoms with van der Waals surface area (Å²) in [5, 5.41) is 16.0. The van der Waals surface area contributed by atoms with Gasteiger partial charge < -0.3 is 14.8 Å². The molecular formula is C11H17N3O3. The third-order valence-corrected chi connectivity index (χ3v) is 2.73. The van der Waals surface area contributed by atoms with Crippen LogP contribution in [0.5, 0.6) is 0 Å². The van der Waals surface area contributed by atoms with Crippen molar-refractivity contribution in [1.29, 1.82) is 0 Å². The molecule has 2 heterocycles. The van der Waals surface area contributed by atoms with Crippen LogP contribution in [0.3, 0.4) is 0 Å². The monoisotopic (exact) mass is 239 g/mol. The van der Waals surface area contributed by atoms with Crippen LogP contribution in [0.4, 0.5) is 0 Å². The highest BCUT2D eigenvalue weighted by atomic mass is 16.8. The lowest BCUT2D eigenvalue weighted by atomic mass is 10.1. The molecule has 1 atom stereocenters. The zero-order chi connectivity index (χ0) is 12.1. The molecule has 17 heavy (non-hydrogen) atoms. The molecule has 0 aromatic carbocycles. The molecule has 0 saturated carbocycles. The van der Waals surface area contributed by atoms with E-state index >= 15 is 0 Å². The van der Waals surface area contributed by atoms with Crippen LogP contribution in [-0.2, 0) is 9.57 Å². The summed E-state index contributed by atoms with van der Waals surface area (Å²) >= 11 is 0. The Labute approximate surface area is 100.0 Å². The predicted molar refractivity (Wildman–Crippen MR) is 63.9 cm³/mol. The lowest BCUT2D eigenvalue weighted by molar-refractivity contribution is -0.124. The van der Waals surface area contributed by atoms with Crippen molar-refractivity contribution in [2.75, 3.05) is 13.2 Å². The summed E-state index contributed by atoms with van der Waals surface area (Å²) in [4.78, 5) is 9.43. The van der Waals surface area contributed by atoms with Crippen LogP contribution >= 0.6 is 0 Å². The van der Waals surface area contributed by atoms with E-state index in [-0.39, 0.29) is 6.29 Å². The normalized spacial score (nSPS) is 25.9. The number of nitrogens with zero attached hydrogens (tertiary/aromatic N) is 3. The first-order valence-corrected chi connectivity index (χ1v) is 5.95. The van der Waals surface area contributed by atoms with Crippen LogP contribution in [0.2, 0.25) is 0 Å². The first-order valence-electron chi connectivity index (χ1n) is 5.95. The molecule has 2 aliphatic heterocycles. The summed E-state index contributed by atoms with van der Waals surface area (Å²) < 4.78 is 5.51. The Hall–Kier alpha value is -1.43. The maximum atomic E-state index is 8.82. The van der Waals surface area contributed by atoms with E-state index in [1.807, 2.05) is 0 Å². The molecule has 0 aromatic heterocycles. The fraction of sp³-hybridized carbons (Fsp3) is 0.727. The first kappa shape index (κ1) is 12.0. The van der Waals surface area contributed by atoms with E-state index in [2.05, 4.69) is 22.2 Å². The van der Waals surface area contributed by atoms with Crippen molar-refractivity contribution in [2.45, 2.75) is 38.9 Å². The molecule has 2 rings (SSSR count). The van der Waals surface area contributed by atoms with Gasteiger partial charge in [0.05, 0.1) is 13.0 Å². The summed E-state index contributed by atoms with van der Waals surface area (Å²) in [6.07, 6.45) is 3.02. The van der Waals surface area contributed by atoms with Gasteiger partial charge in [-0.25, -0.2) is 0 Å². The minimum Gasteiger partial charge on any atom is -0.411 e. The number of hydrogen-bond acceptors (Lipinski definition) is 6. The van der Waals surface area contributed by atoms with Crippen LogP contribution < -0.4 is 0 Å². The van der Waals surface area contributed by atoms with Gasteiger partial charge in [-0.05, 0) is 6.42 Å². The molecule has 0 radical (unpaired) electrons. The molecule has 1 unspecified atom stereocenters. The average Bonchev–Trinajstić information content (AvgIpc) is 2.96. The van der Waals surface area contributed by atoms with Gasteiger partial charge in [0.25, 0.3) is 0 Å². The summed E-state index contributed by atoms with van der Waals surface area (Å²) in [5.74, 6) is 0. The molecule has 6 nitrogen and oxygen atoms in total. The summed E-state index contributed by atoms with van der Waals surface area (Å²) in [7, 11) is 0. The van der Waals surface area contributed by atoms with Crippen molar-refractivity contribution in [3.63, 3.8) is 0 Å². The van der Waals surface area contributed by atoms with E-state index in [9.17, 15) is 0 Å². The first-order chi connectivity index (χ1) is 8.35. The van der Waals surface area contributed by atoms with Crippen LogP contribution in [0, 0.1) is 0 Å². The van der Waals surface area contributed by atoms with Crippen molar-refractivity contribution < 1.29 is 14.8 Å². The Balaban J connectivity index is 1.85. The maximum Gasteiger partial charge on any atom is 0.232 e. The Morgan fingerprint density at radius 1 is 1.59 bits per heavy atom. The fourth-order valence-electron chi connectivity index (χ4n) is 1.78. The van der Waals surface area contributed by atoms with E-state index in [1.165, 1.54) is 0 Å². The second-order valence-corrected chi connectivity index (χ2v) is 4.03. The van der Waals surface area contributed by atoms with Gasteiger partial charge >= 0.3 is 0 Å². The van der Waals surface area contributed by atoms with Gasteiger partial charge in [0.1, 0.15) is 17.1 Å². The topological polar surface area (TPSA) is 75.8 Å². The van der Waals surface area contributed by atoms with Gasteiger partial charge in [0.2, 0.25) is 6.29 Å². The maximum absolute atomic E-state index is 8.82. The van der Waals surface area contributed by atoms with E-state index < -0.39 is 0 Å². The molecule has 0 aromatic rings. The molecule has 2 aliphatic rings. The van der Waals surface area contributed by atoms with Gasteiger partial charge in [-0.15, -0.1) is 0 Å². The van der Waals surface area contributed by atoms with Gasteiger partial charge in [-0.2, -0.15) is 0 Å². The smallest absolute Gasteiger partial charge is 0.232 e. The molecule has 94 valence electrons. The number of ether oxygens (including phenoxy) is 1. The minimum atomic E-state index is -0.320. The van der Waals surface area contributed by atoms with E-state index in [0.29, 0.717) is 37.4 Å². The van der Waals surface area contributed by atoms with Crippen molar-refractivity contribution in [3.8, 4) is 0 Å². The van der Waals surface area contributed by atoms with Crippen molar-refractivity contribution >= 4 is 17.1 Å². The van der Waals surface area contributed by atoms with Crippen molar-refractivity contribution in [3.05, 3.63) is 0 Å². The number of aliphatic imine (C=N–C) groups is 1. The largest absolute Gasteiger partial charge is 0.411 e. The molecule has 1 N–H and O–H groups in total. The van der Waals surface area contributed by atoms with E-state index in [1.54, 1.807) is 0 Å². The Kier molecular flexibility index (Phi) is 4.08. The molecule has 0 saturated heterocycles. The highest BCUT2D eigenvalue weighted by molar-refractivity contribution is 6.69. The van der Waals surface area contributed by atoms with Crippen LogP contribution in [0.15, 0.2) is 15.3 Å². The Morgan fingerprint density at radius 2 is 2.47 bits per heavy atom. The van der Waals surface area contributed by atoms with E-state index in [0.717, 1.165) is 18.6 Å². The van der Waals surface area contributed by atoms with Gasteiger partial charge in [-0.3, -0.25) is 4.99 Å². The molecule has 0 fully saturated rings. The highest BCUT2D eigenvalue weighted by Crippen LogP contribution is 2.16. The van der Waals surface area contributed by atoms with Crippen molar-refractivity contribution in [1.82, 2.24) is 0 Å². The summed E-state index contributed by atoms with van der Waals surface area (Å²) in [5.41, 5.74) is 1.97. The third-order valence-electron chi connectivity index (χ3n) is 2.73. The predicted octanol–water partition coefficient (Wildman–Crippen LogP) is 1.58. The highest BCUT2D eigenvalue weighted by Gasteiger charge is 2.29. The molecule has 0 bridgehead atoms. The zero-order valence-electron chi connectivity index (χ0n) is 9.93. The quantitative estimate of drug-likeness (QED) is 0.449. The van der Waals surface area contributed by atoms with Gasteiger partial charge in [-0.1, -0.05) is 23.7 Å². The molecule has 0 spiro atoms. The lowest BCUT2D eigenvalue weighted by Gasteiger charge is -2.08. The number of oxime groups is 2. The van der Waals surface area contributed by atoms with Crippen LogP contribution in [0.1, 0.15) is 32.6 Å². The Morgan fingerprint density at radius 3 is 3.24 bits per heavy atom. The summed E-state index contributed by atoms with van der Waals surface area (Å²) in [6.45, 7) is 3.44. The third kappa shape index (κ3) is 2.82. The second kappa shape index (κ2) is 5.77. The number of rotatable bonds is 5. The van der Waals surface area contributed by atoms with Crippen molar-refractivity contribution in [2.24, 2.45) is 15.3 Å². The standard InChI is InChI=1S/C11H17N3O3/c1-2-3-6-16-10-7-9(14-17-10)11-8(13-15)4-5-12-11/h10,15H,2-7H2,1H3/b13-8+. The zero-order valence-corrected chi connectivity index (χ0v) is 9.93. The number of hydrogen-bond donors (Lipinski definition) is 1. The average molecular weight is 239 g/mol. The molecular weight excluding hydrogens is 222 g/mol. The Bertz CT molecular complexity index is 363. The lowest BCUT2D eigenvalue weighted by Crippen LogP contribution is -2.22. The minimum absolute atomic E-state index is 0.320. The van der Waals surface area contributed by atoms with E-state index in [4.69, 9.17) is 14.8 Å². The SMILES string of the molecule is CCCCOC1CC(C2=NCC/C2=N\O)=NO1. The van der Waals surface area contributed by atoms with Gasteiger partial charge in [0.15, 0.2) is 0 Å². The van der Waals surface area contributed by atoms with Crippen LogP contribution in [0.25, 0.3) is 0 Å². The second-order valence-electron chi connectivity index (χ2n) is 4.03. The molecule has 6 heteroatoms. The summed E-state index contributed by atoms with van der Waals surface area (Å²) in [6, 6.07) is 0. The van der Waals surface area contributed by atoms with Gasteiger partial charge in [0, 0.05) is 13.0 Å².